The van der Waals surface area contributed by atoms with Gasteiger partial charge >= 0.3 is 0 Å². The molecule has 196 valence electrons. The molecule has 38 heavy (non-hydrogen) atoms. The maximum atomic E-state index is 13.4. The maximum absolute atomic E-state index is 13.4. The molecule has 2 heterocycles. The average Bonchev–Trinajstić information content (AvgIpc) is 2.88. The Kier molecular flexibility index (Phi) is 7.00. The van der Waals surface area contributed by atoms with Crippen LogP contribution in [-0.2, 0) is 23.1 Å². The molecule has 1 aliphatic heterocycles. The second kappa shape index (κ2) is 10.4. The highest BCUT2D eigenvalue weighted by Crippen LogP contribution is 2.39. The number of fused-ring (bicyclic) bond motifs is 2. The largest absolute Gasteiger partial charge is 0.493 e. The smallest absolute Gasteiger partial charge is 0.264 e. The van der Waals surface area contributed by atoms with Crippen LogP contribution in [0, 0.1) is 11.7 Å². The number of pyridine rings is 1. The van der Waals surface area contributed by atoms with Gasteiger partial charge in [-0.2, -0.15) is 0 Å². The zero-order chi connectivity index (χ0) is 26.9. The number of aromatic nitrogens is 1. The van der Waals surface area contributed by atoms with E-state index in [1.54, 1.807) is 48.5 Å². The number of ether oxygens (including phenoxy) is 2. The standard InChI is InChI=1S/C28H25FN2O6S/c1-38(34,35)31-28(33)19-4-2-3-17(11-19)12-20-15-37-26-10-8-23(14-24(26)27(20)32)36-16-22-7-5-18-13-21(29)6-9-25(18)30-22/h2-11,13-14,20,27,32H,12,15-16H2,1H3,(H,31,33). The molecule has 5 rings (SSSR count). The predicted molar refractivity (Wildman–Crippen MR) is 139 cm³/mol. The topological polar surface area (TPSA) is 115 Å². The Balaban J connectivity index is 1.27. The molecule has 2 N–H and O–H groups in total. The van der Waals surface area contributed by atoms with Gasteiger partial charge < -0.3 is 14.6 Å². The van der Waals surface area contributed by atoms with Crippen molar-refractivity contribution < 1.29 is 32.2 Å². The number of amides is 1. The summed E-state index contributed by atoms with van der Waals surface area (Å²) in [6.07, 6.45) is 0.484. The Morgan fingerprint density at radius 3 is 2.79 bits per heavy atom. The van der Waals surface area contributed by atoms with E-state index in [4.69, 9.17) is 9.47 Å². The van der Waals surface area contributed by atoms with E-state index in [0.717, 1.165) is 11.8 Å². The van der Waals surface area contributed by atoms with Crippen molar-refractivity contribution in [3.63, 3.8) is 0 Å². The molecule has 0 radical (unpaired) electrons. The van der Waals surface area contributed by atoms with Crippen LogP contribution in [0.5, 0.6) is 11.5 Å². The number of rotatable bonds is 7. The van der Waals surface area contributed by atoms with Gasteiger partial charge in [-0.15, -0.1) is 0 Å². The van der Waals surface area contributed by atoms with Gasteiger partial charge in [0, 0.05) is 22.4 Å². The molecule has 8 nitrogen and oxygen atoms in total. The zero-order valence-electron chi connectivity index (χ0n) is 20.4. The number of hydrogen-bond donors (Lipinski definition) is 2. The summed E-state index contributed by atoms with van der Waals surface area (Å²) in [7, 11) is -3.68. The van der Waals surface area contributed by atoms with E-state index >= 15 is 0 Å². The van der Waals surface area contributed by atoms with Crippen LogP contribution in [0.1, 0.15) is 33.3 Å². The minimum atomic E-state index is -3.68. The monoisotopic (exact) mass is 536 g/mol. The van der Waals surface area contributed by atoms with E-state index in [9.17, 15) is 22.7 Å². The summed E-state index contributed by atoms with van der Waals surface area (Å²) in [5.74, 6) is -0.231. The van der Waals surface area contributed by atoms with Gasteiger partial charge in [0.2, 0.25) is 10.0 Å². The Hall–Kier alpha value is -4.02. The summed E-state index contributed by atoms with van der Waals surface area (Å²) >= 11 is 0. The third-order valence-corrected chi connectivity index (χ3v) is 6.82. The SMILES string of the molecule is CS(=O)(=O)NC(=O)c1cccc(CC2COc3ccc(OCc4ccc5cc(F)ccc5n4)cc3C2O)c1. The molecule has 1 aromatic heterocycles. The first kappa shape index (κ1) is 25.6. The maximum Gasteiger partial charge on any atom is 0.264 e. The van der Waals surface area contributed by atoms with Gasteiger partial charge in [-0.05, 0) is 66.6 Å². The molecule has 10 heteroatoms. The molecule has 2 unspecified atom stereocenters. The third kappa shape index (κ3) is 5.92. The molecule has 0 saturated heterocycles. The van der Waals surface area contributed by atoms with Crippen molar-refractivity contribution in [2.75, 3.05) is 12.9 Å². The summed E-state index contributed by atoms with van der Waals surface area (Å²) in [6, 6.07) is 19.8. The summed E-state index contributed by atoms with van der Waals surface area (Å²) in [5, 5.41) is 11.8. The van der Waals surface area contributed by atoms with E-state index in [2.05, 4.69) is 4.98 Å². The van der Waals surface area contributed by atoms with E-state index in [-0.39, 0.29) is 30.5 Å². The van der Waals surface area contributed by atoms with Gasteiger partial charge in [0.25, 0.3) is 5.91 Å². The van der Waals surface area contributed by atoms with Crippen LogP contribution < -0.4 is 14.2 Å². The van der Waals surface area contributed by atoms with E-state index in [1.807, 2.05) is 10.8 Å². The minimum Gasteiger partial charge on any atom is -0.493 e. The van der Waals surface area contributed by atoms with Crippen LogP contribution in [-0.4, -0.2) is 37.3 Å². The number of carbonyl (C=O) groups excluding carboxylic acids is 1. The quantitative estimate of drug-likeness (QED) is 0.368. The first-order valence-corrected chi connectivity index (χ1v) is 13.8. The Labute approximate surface area is 219 Å². The number of carbonyl (C=O) groups is 1. The number of nitrogens with zero attached hydrogens (tertiary/aromatic N) is 1. The summed E-state index contributed by atoms with van der Waals surface area (Å²) in [5.41, 5.74) is 2.91. The Morgan fingerprint density at radius 1 is 1.13 bits per heavy atom. The van der Waals surface area contributed by atoms with Crippen molar-refractivity contribution in [1.82, 2.24) is 9.71 Å². The van der Waals surface area contributed by atoms with Crippen LogP contribution in [0.25, 0.3) is 10.9 Å². The summed E-state index contributed by atoms with van der Waals surface area (Å²) < 4.78 is 49.9. The second-order valence-electron chi connectivity index (χ2n) is 9.25. The van der Waals surface area contributed by atoms with Crippen LogP contribution in [0.15, 0.2) is 72.8 Å². The van der Waals surface area contributed by atoms with Gasteiger partial charge in [0.15, 0.2) is 0 Å². The molecular weight excluding hydrogens is 511 g/mol. The van der Waals surface area contributed by atoms with Crippen molar-refractivity contribution in [3.05, 3.63) is 101 Å². The molecule has 1 amide bonds. The van der Waals surface area contributed by atoms with Crippen molar-refractivity contribution in [3.8, 4) is 11.5 Å². The average molecular weight is 537 g/mol. The molecule has 0 spiro atoms. The highest BCUT2D eigenvalue weighted by atomic mass is 32.2. The zero-order valence-corrected chi connectivity index (χ0v) is 21.2. The number of aliphatic hydroxyl groups excluding tert-OH is 1. The van der Waals surface area contributed by atoms with Gasteiger partial charge in [-0.1, -0.05) is 18.2 Å². The third-order valence-electron chi connectivity index (χ3n) is 6.26. The molecule has 0 fully saturated rings. The van der Waals surface area contributed by atoms with Gasteiger partial charge in [-0.25, -0.2) is 22.5 Å². The van der Waals surface area contributed by atoms with E-state index < -0.39 is 22.0 Å². The predicted octanol–water partition coefficient (Wildman–Crippen LogP) is 3.93. The molecule has 2 atom stereocenters. The fraction of sp³-hybridized carbons (Fsp3) is 0.214. The lowest BCUT2D eigenvalue weighted by Crippen LogP contribution is -2.30. The number of hydrogen-bond acceptors (Lipinski definition) is 7. The number of halogens is 1. The molecule has 3 aromatic carbocycles. The van der Waals surface area contributed by atoms with Crippen LogP contribution in [0.4, 0.5) is 4.39 Å². The Bertz CT molecular complexity index is 1630. The molecule has 4 aromatic rings. The van der Waals surface area contributed by atoms with Crippen molar-refractivity contribution >= 4 is 26.8 Å². The highest BCUT2D eigenvalue weighted by molar-refractivity contribution is 7.89. The number of sulfonamides is 1. The van der Waals surface area contributed by atoms with E-state index in [1.165, 1.54) is 18.2 Å². The Morgan fingerprint density at radius 2 is 1.97 bits per heavy atom. The fourth-order valence-electron chi connectivity index (χ4n) is 4.44. The van der Waals surface area contributed by atoms with Crippen molar-refractivity contribution in [1.29, 1.82) is 0 Å². The van der Waals surface area contributed by atoms with Crippen molar-refractivity contribution in [2.45, 2.75) is 19.1 Å². The first-order valence-electron chi connectivity index (χ1n) is 11.9. The molecule has 0 aliphatic carbocycles. The number of benzene rings is 3. The lowest BCUT2D eigenvalue weighted by molar-refractivity contribution is 0.0504. The van der Waals surface area contributed by atoms with Gasteiger partial charge in [0.05, 0.1) is 30.2 Å². The van der Waals surface area contributed by atoms with Crippen LogP contribution >= 0.6 is 0 Å². The van der Waals surface area contributed by atoms with Crippen LogP contribution in [0.3, 0.4) is 0 Å². The highest BCUT2D eigenvalue weighted by Gasteiger charge is 2.30. The lowest BCUT2D eigenvalue weighted by Gasteiger charge is -2.30. The molecule has 0 bridgehead atoms. The first-order chi connectivity index (χ1) is 18.1. The van der Waals surface area contributed by atoms with Crippen LogP contribution in [0.2, 0.25) is 0 Å². The van der Waals surface area contributed by atoms with Crippen molar-refractivity contribution in [2.24, 2.45) is 5.92 Å². The normalized spacial score (nSPS) is 16.9. The molecule has 1 aliphatic rings. The number of nitrogens with one attached hydrogen (secondary N) is 1. The summed E-state index contributed by atoms with van der Waals surface area (Å²) in [6.45, 7) is 0.463. The van der Waals surface area contributed by atoms with Gasteiger partial charge in [-0.3, -0.25) is 4.79 Å². The second-order valence-corrected chi connectivity index (χ2v) is 11.0. The molecular formula is C28H25FN2O6S. The fourth-order valence-corrected chi connectivity index (χ4v) is 4.89. The van der Waals surface area contributed by atoms with E-state index in [0.29, 0.717) is 40.1 Å². The lowest BCUT2D eigenvalue weighted by atomic mass is 9.87. The van der Waals surface area contributed by atoms with Gasteiger partial charge in [0.1, 0.15) is 23.9 Å². The minimum absolute atomic E-state index is 0.189. The summed E-state index contributed by atoms with van der Waals surface area (Å²) in [4.78, 5) is 16.7. The molecule has 0 saturated carbocycles. The number of aliphatic hydroxyl groups is 1.